The van der Waals surface area contributed by atoms with Crippen molar-refractivity contribution < 1.29 is 19.1 Å². The molecule has 0 saturated carbocycles. The molecule has 6 N–H and O–H groups in total. The number of benzene rings is 3. The van der Waals surface area contributed by atoms with Gasteiger partial charge < -0.3 is 26.8 Å². The molecule has 0 aliphatic rings. The van der Waals surface area contributed by atoms with Crippen LogP contribution in [0.2, 0.25) is 0 Å². The van der Waals surface area contributed by atoms with Gasteiger partial charge in [0.05, 0.1) is 13.7 Å². The molecule has 39 heavy (non-hydrogen) atoms. The molecule has 3 rings (SSSR count). The minimum Gasteiger partial charge on any atom is -0.467 e. The normalized spacial score (nSPS) is 11.6. The van der Waals surface area contributed by atoms with Crippen LogP contribution in [0.15, 0.2) is 89.9 Å². The summed E-state index contributed by atoms with van der Waals surface area (Å²) in [6.07, 6.45) is 0.450. The number of carbonyl (C=O) groups is 3. The zero-order valence-corrected chi connectivity index (χ0v) is 21.6. The third kappa shape index (κ3) is 9.70. The Balaban J connectivity index is 1.58. The van der Waals surface area contributed by atoms with E-state index in [-0.39, 0.29) is 25.3 Å². The number of esters is 1. The van der Waals surface area contributed by atoms with E-state index >= 15 is 0 Å². The van der Waals surface area contributed by atoms with Gasteiger partial charge in [-0.1, -0.05) is 72.5 Å². The van der Waals surface area contributed by atoms with Gasteiger partial charge in [-0.25, -0.2) is 9.79 Å². The number of amides is 2. The van der Waals surface area contributed by atoms with Crippen LogP contribution in [-0.2, 0) is 32.0 Å². The number of aliphatic imine (C=N–C) groups is 1. The minimum atomic E-state index is -0.946. The lowest BCUT2D eigenvalue weighted by molar-refractivity contribution is -0.145. The van der Waals surface area contributed by atoms with Gasteiger partial charge in [0.15, 0.2) is 5.96 Å². The molecule has 0 saturated heterocycles. The Hall–Kier alpha value is -5.10. The minimum absolute atomic E-state index is 0.198. The van der Waals surface area contributed by atoms with E-state index in [1.165, 1.54) is 7.11 Å². The Morgan fingerprint density at radius 2 is 1.38 bits per heavy atom. The second-order valence-electron chi connectivity index (χ2n) is 8.64. The quantitative estimate of drug-likeness (QED) is 0.136. The molecule has 0 aromatic heterocycles. The molecule has 3 aromatic carbocycles. The third-order valence-corrected chi connectivity index (χ3v) is 5.64. The maximum absolute atomic E-state index is 12.7. The van der Waals surface area contributed by atoms with Crippen LogP contribution in [0.3, 0.4) is 0 Å². The van der Waals surface area contributed by atoms with Gasteiger partial charge in [-0.05, 0) is 35.4 Å². The van der Waals surface area contributed by atoms with E-state index in [9.17, 15) is 14.4 Å². The van der Waals surface area contributed by atoms with E-state index in [0.29, 0.717) is 0 Å². The summed E-state index contributed by atoms with van der Waals surface area (Å²) in [5, 5.41) is 5.15. The Morgan fingerprint density at radius 3 is 1.97 bits per heavy atom. The van der Waals surface area contributed by atoms with Gasteiger partial charge in [-0.3, -0.25) is 9.59 Å². The number of nitrogens with zero attached hydrogens (tertiary/aromatic N) is 1. The monoisotopic (exact) mass is 525 g/mol. The molecule has 0 spiro atoms. The summed E-state index contributed by atoms with van der Waals surface area (Å²) in [6.45, 7) is -0.369. The van der Waals surface area contributed by atoms with Crippen molar-refractivity contribution in [2.75, 3.05) is 13.7 Å². The van der Waals surface area contributed by atoms with Crippen LogP contribution >= 0.6 is 0 Å². The SMILES string of the molecule is COC(=O)[C@H](Cc1ccc(C#Cc2ccccc2)cc1)NC(=O)CNC(=O)[C@@H](Cc1ccccc1)N=C(N)N. The lowest BCUT2D eigenvalue weighted by Crippen LogP contribution is -2.48. The molecule has 2 amide bonds. The summed E-state index contributed by atoms with van der Waals surface area (Å²) >= 11 is 0. The van der Waals surface area contributed by atoms with Crippen molar-refractivity contribution >= 4 is 23.7 Å². The smallest absolute Gasteiger partial charge is 0.328 e. The predicted octanol–water partition coefficient (Wildman–Crippen LogP) is 1.29. The van der Waals surface area contributed by atoms with Crippen molar-refractivity contribution in [1.82, 2.24) is 10.6 Å². The second-order valence-corrected chi connectivity index (χ2v) is 8.64. The number of nitrogens with two attached hydrogens (primary N) is 2. The molecule has 200 valence electrons. The average molecular weight is 526 g/mol. The van der Waals surface area contributed by atoms with Crippen LogP contribution in [0.1, 0.15) is 22.3 Å². The van der Waals surface area contributed by atoms with Gasteiger partial charge in [0.25, 0.3) is 0 Å². The van der Waals surface area contributed by atoms with Gasteiger partial charge in [0.1, 0.15) is 12.1 Å². The van der Waals surface area contributed by atoms with Crippen LogP contribution < -0.4 is 22.1 Å². The van der Waals surface area contributed by atoms with E-state index in [0.717, 1.165) is 22.3 Å². The van der Waals surface area contributed by atoms with Gasteiger partial charge in [-0.15, -0.1) is 0 Å². The molecule has 0 fully saturated rings. The number of nitrogens with one attached hydrogen (secondary N) is 2. The lowest BCUT2D eigenvalue weighted by Gasteiger charge is -2.18. The number of ether oxygens (including phenoxy) is 1. The van der Waals surface area contributed by atoms with Gasteiger partial charge in [0.2, 0.25) is 11.8 Å². The summed E-state index contributed by atoms with van der Waals surface area (Å²) in [5.41, 5.74) is 14.4. The van der Waals surface area contributed by atoms with Crippen LogP contribution in [0.25, 0.3) is 0 Å². The topological polar surface area (TPSA) is 149 Å². The fourth-order valence-electron chi connectivity index (χ4n) is 3.71. The maximum Gasteiger partial charge on any atom is 0.328 e. The zero-order chi connectivity index (χ0) is 28.0. The third-order valence-electron chi connectivity index (χ3n) is 5.64. The highest BCUT2D eigenvalue weighted by molar-refractivity contribution is 5.91. The van der Waals surface area contributed by atoms with E-state index in [2.05, 4.69) is 27.5 Å². The molecule has 0 aliphatic carbocycles. The van der Waals surface area contributed by atoms with Gasteiger partial charge in [0, 0.05) is 24.0 Å². The van der Waals surface area contributed by atoms with Crippen molar-refractivity contribution in [3.8, 4) is 11.8 Å². The first-order chi connectivity index (χ1) is 18.8. The fourth-order valence-corrected chi connectivity index (χ4v) is 3.71. The Kier molecular flexibility index (Phi) is 10.7. The first-order valence-corrected chi connectivity index (χ1v) is 12.3. The lowest BCUT2D eigenvalue weighted by atomic mass is 10.0. The number of hydrogen-bond donors (Lipinski definition) is 4. The average Bonchev–Trinajstić information content (AvgIpc) is 2.95. The van der Waals surface area contributed by atoms with Crippen molar-refractivity contribution in [3.05, 3.63) is 107 Å². The molecule has 0 unspecified atom stereocenters. The van der Waals surface area contributed by atoms with E-state index in [1.54, 1.807) is 0 Å². The number of guanidine groups is 1. The van der Waals surface area contributed by atoms with Crippen LogP contribution in [-0.4, -0.2) is 49.5 Å². The summed E-state index contributed by atoms with van der Waals surface area (Å²) in [4.78, 5) is 41.7. The van der Waals surface area contributed by atoms with Crippen molar-refractivity contribution in [3.63, 3.8) is 0 Å². The second kappa shape index (κ2) is 14.6. The molecule has 2 atom stereocenters. The van der Waals surface area contributed by atoms with Crippen molar-refractivity contribution in [2.24, 2.45) is 16.5 Å². The van der Waals surface area contributed by atoms with E-state index in [4.69, 9.17) is 16.2 Å². The predicted molar refractivity (Wildman–Crippen MR) is 149 cm³/mol. The van der Waals surface area contributed by atoms with Crippen LogP contribution in [0.4, 0.5) is 0 Å². The number of rotatable bonds is 10. The molecular formula is C30H31N5O4. The molecule has 0 radical (unpaired) electrons. The summed E-state index contributed by atoms with van der Waals surface area (Å²) < 4.78 is 4.86. The highest BCUT2D eigenvalue weighted by atomic mass is 16.5. The van der Waals surface area contributed by atoms with Gasteiger partial charge in [-0.2, -0.15) is 0 Å². The molecule has 9 nitrogen and oxygen atoms in total. The highest BCUT2D eigenvalue weighted by Gasteiger charge is 2.24. The van der Waals surface area contributed by atoms with Crippen LogP contribution in [0.5, 0.6) is 0 Å². The Bertz CT molecular complexity index is 1340. The first kappa shape index (κ1) is 28.5. The maximum atomic E-state index is 12.7. The van der Waals surface area contributed by atoms with Crippen molar-refractivity contribution in [2.45, 2.75) is 24.9 Å². The van der Waals surface area contributed by atoms with E-state index < -0.39 is 29.9 Å². The molecule has 0 aliphatic heterocycles. The largest absolute Gasteiger partial charge is 0.467 e. The molecule has 0 bridgehead atoms. The molecule has 3 aromatic rings. The Labute approximate surface area is 227 Å². The number of carbonyl (C=O) groups excluding carboxylic acids is 3. The summed E-state index contributed by atoms with van der Waals surface area (Å²) in [7, 11) is 1.24. The molecule has 9 heteroatoms. The standard InChI is InChI=1S/C30H31N5O4/c1-39-29(38)26(19-24-16-14-22(15-17-24)13-12-21-8-4-2-5-9-21)34-27(36)20-33-28(37)25(35-30(31)32)18-23-10-6-3-7-11-23/h2-11,14-17,25-26H,18-20H2,1H3,(H,33,37)(H,34,36)(H4,31,32,35)/t25-,26+/m1/s1. The fraction of sp³-hybridized carbons (Fsp3) is 0.200. The first-order valence-electron chi connectivity index (χ1n) is 12.3. The Morgan fingerprint density at radius 1 is 0.821 bits per heavy atom. The zero-order valence-electron chi connectivity index (χ0n) is 21.6. The number of methoxy groups -OCH3 is 1. The van der Waals surface area contributed by atoms with Crippen molar-refractivity contribution in [1.29, 1.82) is 0 Å². The summed E-state index contributed by atoms with van der Waals surface area (Å²) in [5.74, 6) is 4.26. The highest BCUT2D eigenvalue weighted by Crippen LogP contribution is 2.09. The number of hydrogen-bond acceptors (Lipinski definition) is 5. The molecule has 0 heterocycles. The summed E-state index contributed by atoms with van der Waals surface area (Å²) in [6, 6.07) is 24.4. The van der Waals surface area contributed by atoms with Crippen LogP contribution in [0, 0.1) is 11.8 Å². The van der Waals surface area contributed by atoms with Gasteiger partial charge >= 0.3 is 5.97 Å². The molecular weight excluding hydrogens is 494 g/mol. The van der Waals surface area contributed by atoms with E-state index in [1.807, 2.05) is 84.9 Å².